The molecule has 2 rings (SSSR count). The van der Waals surface area contributed by atoms with Gasteiger partial charge in [0.25, 0.3) is 5.91 Å². The zero-order valence-electron chi connectivity index (χ0n) is 14.1. The van der Waals surface area contributed by atoms with E-state index >= 15 is 0 Å². The smallest absolute Gasteiger partial charge is 0.271 e. The summed E-state index contributed by atoms with van der Waals surface area (Å²) in [6, 6.07) is 6.24. The van der Waals surface area contributed by atoms with Crippen molar-refractivity contribution in [3.63, 3.8) is 0 Å². The van der Waals surface area contributed by atoms with Gasteiger partial charge in [0, 0.05) is 13.1 Å². The fraction of sp³-hybridized carbons (Fsp3) is 0.389. The molecule has 0 aliphatic carbocycles. The molecule has 0 aliphatic heterocycles. The molecule has 0 unspecified atom stereocenters. The van der Waals surface area contributed by atoms with E-state index in [9.17, 15) is 9.18 Å². The van der Waals surface area contributed by atoms with Crippen LogP contribution in [-0.4, -0.2) is 29.0 Å². The number of hydrogen-bond donors (Lipinski definition) is 2. The normalized spacial score (nSPS) is 10.7. The van der Waals surface area contributed by atoms with Crippen molar-refractivity contribution in [1.29, 1.82) is 0 Å². The van der Waals surface area contributed by atoms with Crippen LogP contribution < -0.4 is 10.6 Å². The number of hydrogen-bond acceptors (Lipinski definition) is 4. The number of carbonyl (C=O) groups excluding carboxylic acids is 1. The lowest BCUT2D eigenvalue weighted by Gasteiger charge is -2.08. The minimum atomic E-state index is -0.265. The lowest BCUT2D eigenvalue weighted by atomic mass is 10.1. The van der Waals surface area contributed by atoms with Crippen molar-refractivity contribution in [2.24, 2.45) is 5.92 Å². The standard InChI is InChI=1S/C18H23FN4O/c1-13(2)7-9-20-17-12-22-16(11-23-17)18(24)21-10-8-14-3-5-15(19)6-4-14/h3-6,11-13H,7-10H2,1-2H3,(H,20,23)(H,21,24). The number of amides is 1. The Kier molecular flexibility index (Phi) is 6.66. The monoisotopic (exact) mass is 330 g/mol. The molecule has 6 heteroatoms. The van der Waals surface area contributed by atoms with Crippen LogP contribution in [0.4, 0.5) is 10.2 Å². The van der Waals surface area contributed by atoms with E-state index in [4.69, 9.17) is 0 Å². The van der Waals surface area contributed by atoms with Gasteiger partial charge in [0.15, 0.2) is 0 Å². The van der Waals surface area contributed by atoms with Crippen molar-refractivity contribution in [1.82, 2.24) is 15.3 Å². The number of nitrogens with one attached hydrogen (secondary N) is 2. The Morgan fingerprint density at radius 1 is 1.12 bits per heavy atom. The van der Waals surface area contributed by atoms with Crippen LogP contribution in [0.25, 0.3) is 0 Å². The fourth-order valence-corrected chi connectivity index (χ4v) is 2.09. The molecule has 0 saturated heterocycles. The van der Waals surface area contributed by atoms with Gasteiger partial charge >= 0.3 is 0 Å². The third-order valence-electron chi connectivity index (χ3n) is 3.52. The van der Waals surface area contributed by atoms with Crippen LogP contribution in [0.15, 0.2) is 36.7 Å². The van der Waals surface area contributed by atoms with Crippen LogP contribution in [-0.2, 0) is 6.42 Å². The predicted octanol–water partition coefficient (Wildman–Crippen LogP) is 3.05. The highest BCUT2D eigenvalue weighted by atomic mass is 19.1. The number of nitrogens with zero attached hydrogens (tertiary/aromatic N) is 2. The third kappa shape index (κ3) is 5.95. The van der Waals surface area contributed by atoms with Crippen LogP contribution in [0.1, 0.15) is 36.3 Å². The van der Waals surface area contributed by atoms with E-state index < -0.39 is 0 Å². The number of carbonyl (C=O) groups is 1. The van der Waals surface area contributed by atoms with Crippen molar-refractivity contribution in [3.8, 4) is 0 Å². The molecule has 0 fully saturated rings. The van der Waals surface area contributed by atoms with E-state index in [0.29, 0.717) is 24.7 Å². The predicted molar refractivity (Wildman–Crippen MR) is 92.4 cm³/mol. The summed E-state index contributed by atoms with van der Waals surface area (Å²) in [4.78, 5) is 20.3. The topological polar surface area (TPSA) is 66.9 Å². The molecular formula is C18H23FN4O. The van der Waals surface area contributed by atoms with Gasteiger partial charge in [-0.15, -0.1) is 0 Å². The lowest BCUT2D eigenvalue weighted by molar-refractivity contribution is 0.0949. The maximum atomic E-state index is 12.8. The van der Waals surface area contributed by atoms with Crippen LogP contribution in [0.5, 0.6) is 0 Å². The quantitative estimate of drug-likeness (QED) is 0.781. The number of rotatable bonds is 8. The molecule has 0 aliphatic rings. The Balaban J connectivity index is 1.76. The Hall–Kier alpha value is -2.50. The molecule has 1 amide bonds. The molecule has 0 atom stereocenters. The third-order valence-corrected chi connectivity index (χ3v) is 3.52. The number of anilines is 1. The van der Waals surface area contributed by atoms with Crippen molar-refractivity contribution in [2.45, 2.75) is 26.7 Å². The van der Waals surface area contributed by atoms with Gasteiger partial charge in [-0.25, -0.2) is 14.4 Å². The summed E-state index contributed by atoms with van der Waals surface area (Å²) in [5.41, 5.74) is 1.25. The first kappa shape index (κ1) is 17.8. The number of benzene rings is 1. The molecule has 0 bridgehead atoms. The van der Waals surface area contributed by atoms with Crippen molar-refractivity contribution in [3.05, 3.63) is 53.7 Å². The molecular weight excluding hydrogens is 307 g/mol. The second kappa shape index (κ2) is 8.96. The Morgan fingerprint density at radius 2 is 1.88 bits per heavy atom. The summed E-state index contributed by atoms with van der Waals surface area (Å²) in [7, 11) is 0. The minimum absolute atomic E-state index is 0.264. The first-order valence-electron chi connectivity index (χ1n) is 8.13. The second-order valence-corrected chi connectivity index (χ2v) is 6.03. The molecule has 24 heavy (non-hydrogen) atoms. The van der Waals surface area contributed by atoms with Gasteiger partial charge < -0.3 is 10.6 Å². The summed E-state index contributed by atoms with van der Waals surface area (Å²) in [6.45, 7) is 5.61. The summed E-state index contributed by atoms with van der Waals surface area (Å²) in [6.07, 6.45) is 4.71. The van der Waals surface area contributed by atoms with E-state index in [2.05, 4.69) is 34.4 Å². The SMILES string of the molecule is CC(C)CCNc1cnc(C(=O)NCCc2ccc(F)cc2)cn1. The first-order valence-corrected chi connectivity index (χ1v) is 8.13. The molecule has 5 nitrogen and oxygen atoms in total. The van der Waals surface area contributed by atoms with Gasteiger partial charge in [-0.2, -0.15) is 0 Å². The van der Waals surface area contributed by atoms with Gasteiger partial charge in [-0.3, -0.25) is 4.79 Å². The summed E-state index contributed by atoms with van der Waals surface area (Å²) in [5.74, 6) is 0.758. The molecule has 128 valence electrons. The molecule has 2 aromatic rings. The van der Waals surface area contributed by atoms with Crippen molar-refractivity contribution < 1.29 is 9.18 Å². The van der Waals surface area contributed by atoms with Crippen LogP contribution in [0.3, 0.4) is 0 Å². The van der Waals surface area contributed by atoms with Gasteiger partial charge in [0.1, 0.15) is 17.3 Å². The molecule has 0 saturated carbocycles. The van der Waals surface area contributed by atoms with Crippen LogP contribution >= 0.6 is 0 Å². The Bertz CT molecular complexity index is 641. The molecule has 0 spiro atoms. The maximum Gasteiger partial charge on any atom is 0.271 e. The van der Waals surface area contributed by atoms with E-state index in [1.54, 1.807) is 18.3 Å². The summed E-state index contributed by atoms with van der Waals surface area (Å²) < 4.78 is 12.8. The van der Waals surface area contributed by atoms with Gasteiger partial charge in [0.05, 0.1) is 12.4 Å². The molecule has 2 N–H and O–H groups in total. The fourth-order valence-electron chi connectivity index (χ4n) is 2.09. The summed E-state index contributed by atoms with van der Waals surface area (Å²) in [5, 5.41) is 5.96. The highest BCUT2D eigenvalue weighted by molar-refractivity contribution is 5.91. The lowest BCUT2D eigenvalue weighted by Crippen LogP contribution is -2.26. The Morgan fingerprint density at radius 3 is 2.50 bits per heavy atom. The van der Waals surface area contributed by atoms with Crippen LogP contribution in [0.2, 0.25) is 0 Å². The average Bonchev–Trinajstić information content (AvgIpc) is 2.57. The van der Waals surface area contributed by atoms with Gasteiger partial charge in [-0.05, 0) is 36.5 Å². The highest BCUT2D eigenvalue weighted by Crippen LogP contribution is 2.05. The average molecular weight is 330 g/mol. The van der Waals surface area contributed by atoms with E-state index in [0.717, 1.165) is 18.5 Å². The van der Waals surface area contributed by atoms with Crippen molar-refractivity contribution >= 4 is 11.7 Å². The van der Waals surface area contributed by atoms with Gasteiger partial charge in [0.2, 0.25) is 0 Å². The van der Waals surface area contributed by atoms with Gasteiger partial charge in [-0.1, -0.05) is 26.0 Å². The van der Waals surface area contributed by atoms with E-state index in [-0.39, 0.29) is 17.4 Å². The molecule has 1 aromatic carbocycles. The number of aromatic nitrogens is 2. The molecule has 1 heterocycles. The molecule has 1 aromatic heterocycles. The Labute approximate surface area is 141 Å². The second-order valence-electron chi connectivity index (χ2n) is 6.03. The minimum Gasteiger partial charge on any atom is -0.369 e. The molecule has 0 radical (unpaired) electrons. The van der Waals surface area contributed by atoms with Crippen molar-refractivity contribution in [2.75, 3.05) is 18.4 Å². The van der Waals surface area contributed by atoms with E-state index in [1.165, 1.54) is 18.3 Å². The first-order chi connectivity index (χ1) is 11.5. The number of halogens is 1. The summed E-state index contributed by atoms with van der Waals surface area (Å²) >= 11 is 0. The zero-order valence-corrected chi connectivity index (χ0v) is 14.1. The maximum absolute atomic E-state index is 12.8. The highest BCUT2D eigenvalue weighted by Gasteiger charge is 2.07. The largest absolute Gasteiger partial charge is 0.369 e. The zero-order chi connectivity index (χ0) is 17.4. The van der Waals surface area contributed by atoms with Crippen LogP contribution in [0, 0.1) is 11.7 Å². The van der Waals surface area contributed by atoms with E-state index in [1.807, 2.05) is 0 Å².